The highest BCUT2D eigenvalue weighted by atomic mass is 79.9. The molecule has 0 radical (unpaired) electrons. The highest BCUT2D eigenvalue weighted by Crippen LogP contribution is 2.32. The number of hydrogen-bond donors (Lipinski definition) is 1. The van der Waals surface area contributed by atoms with E-state index >= 15 is 0 Å². The predicted molar refractivity (Wildman–Crippen MR) is 86.2 cm³/mol. The molecular formula is C16H15BrN2. The fraction of sp³-hybridized carbons (Fsp3) is 0.125. The minimum absolute atomic E-state index is 0.862. The van der Waals surface area contributed by atoms with Crippen LogP contribution in [0, 0.1) is 0 Å². The molecule has 0 spiro atoms. The third-order valence-electron chi connectivity index (χ3n) is 3.29. The zero-order chi connectivity index (χ0) is 13.4. The number of hydrogen-bond acceptors (Lipinski definition) is 1. The SMILES string of the molecule is C=C(NCC)n1c2ccccc2c2ccc(Br)cc21. The Balaban J connectivity index is 2.43. The van der Waals surface area contributed by atoms with Gasteiger partial charge in [-0.1, -0.05) is 46.8 Å². The first-order valence-corrected chi connectivity index (χ1v) is 7.13. The number of nitrogens with zero attached hydrogens (tertiary/aromatic N) is 1. The summed E-state index contributed by atoms with van der Waals surface area (Å²) in [6, 6.07) is 14.8. The molecule has 1 N–H and O–H groups in total. The van der Waals surface area contributed by atoms with Crippen molar-refractivity contribution >= 4 is 43.6 Å². The molecule has 0 fully saturated rings. The van der Waals surface area contributed by atoms with Gasteiger partial charge in [0.05, 0.1) is 11.0 Å². The van der Waals surface area contributed by atoms with Crippen molar-refractivity contribution in [3.63, 3.8) is 0 Å². The second-order valence-electron chi connectivity index (χ2n) is 4.49. The Hall–Kier alpha value is -1.74. The predicted octanol–water partition coefficient (Wildman–Crippen LogP) is 4.59. The van der Waals surface area contributed by atoms with Gasteiger partial charge in [-0.2, -0.15) is 0 Å². The summed E-state index contributed by atoms with van der Waals surface area (Å²) in [5.74, 6) is 0.909. The molecule has 0 saturated heterocycles. The standard InChI is InChI=1S/C16H15BrN2/c1-3-18-11(2)19-15-7-5-4-6-13(15)14-9-8-12(17)10-16(14)19/h4-10,18H,2-3H2,1H3. The summed E-state index contributed by atoms with van der Waals surface area (Å²) >= 11 is 3.55. The van der Waals surface area contributed by atoms with Crippen molar-refractivity contribution in [2.24, 2.45) is 0 Å². The first kappa shape index (κ1) is 12.3. The molecule has 0 bridgehead atoms. The van der Waals surface area contributed by atoms with Gasteiger partial charge in [0, 0.05) is 21.8 Å². The number of aromatic nitrogens is 1. The smallest absolute Gasteiger partial charge is 0.103 e. The molecule has 3 rings (SSSR count). The van der Waals surface area contributed by atoms with Crippen LogP contribution in [0.15, 0.2) is 53.5 Å². The topological polar surface area (TPSA) is 17.0 Å². The maximum absolute atomic E-state index is 4.15. The van der Waals surface area contributed by atoms with E-state index in [9.17, 15) is 0 Å². The Morgan fingerprint density at radius 3 is 2.68 bits per heavy atom. The summed E-state index contributed by atoms with van der Waals surface area (Å²) in [6.07, 6.45) is 0. The summed E-state index contributed by atoms with van der Waals surface area (Å²) in [5.41, 5.74) is 2.35. The molecule has 1 aromatic heterocycles. The lowest BCUT2D eigenvalue weighted by atomic mass is 10.2. The van der Waals surface area contributed by atoms with Crippen molar-refractivity contribution in [3.05, 3.63) is 53.5 Å². The van der Waals surface area contributed by atoms with Gasteiger partial charge in [-0.3, -0.25) is 4.57 Å². The maximum atomic E-state index is 4.15. The molecule has 19 heavy (non-hydrogen) atoms. The van der Waals surface area contributed by atoms with Crippen molar-refractivity contribution in [3.8, 4) is 0 Å². The quantitative estimate of drug-likeness (QED) is 0.748. The number of rotatable bonds is 3. The lowest BCUT2D eigenvalue weighted by Gasteiger charge is -2.11. The molecule has 0 saturated carbocycles. The molecule has 2 nitrogen and oxygen atoms in total. The highest BCUT2D eigenvalue weighted by molar-refractivity contribution is 9.10. The fourth-order valence-corrected chi connectivity index (χ4v) is 2.87. The van der Waals surface area contributed by atoms with E-state index in [0.29, 0.717) is 0 Å². The van der Waals surface area contributed by atoms with Crippen molar-refractivity contribution in [2.45, 2.75) is 6.92 Å². The van der Waals surface area contributed by atoms with Crippen LogP contribution in [0.2, 0.25) is 0 Å². The van der Waals surface area contributed by atoms with E-state index in [2.05, 4.69) is 81.8 Å². The van der Waals surface area contributed by atoms with E-state index < -0.39 is 0 Å². The van der Waals surface area contributed by atoms with Gasteiger partial charge in [0.2, 0.25) is 0 Å². The summed E-state index contributed by atoms with van der Waals surface area (Å²) in [5, 5.41) is 5.81. The lowest BCUT2D eigenvalue weighted by Crippen LogP contribution is -2.15. The Labute approximate surface area is 120 Å². The van der Waals surface area contributed by atoms with Crippen LogP contribution >= 0.6 is 15.9 Å². The Morgan fingerprint density at radius 2 is 1.89 bits per heavy atom. The number of fused-ring (bicyclic) bond motifs is 3. The highest BCUT2D eigenvalue weighted by Gasteiger charge is 2.11. The molecule has 0 aliphatic heterocycles. The average Bonchev–Trinajstić information content (AvgIpc) is 2.72. The van der Waals surface area contributed by atoms with Crippen LogP contribution in [-0.4, -0.2) is 11.1 Å². The first-order chi connectivity index (χ1) is 9.22. The Bertz CT molecular complexity index is 771. The van der Waals surface area contributed by atoms with Gasteiger partial charge in [-0.15, -0.1) is 0 Å². The number of para-hydroxylation sites is 1. The van der Waals surface area contributed by atoms with Gasteiger partial charge in [-0.25, -0.2) is 0 Å². The maximum Gasteiger partial charge on any atom is 0.103 e. The summed E-state index contributed by atoms with van der Waals surface area (Å²) in [6.45, 7) is 7.09. The summed E-state index contributed by atoms with van der Waals surface area (Å²) < 4.78 is 3.26. The average molecular weight is 315 g/mol. The van der Waals surface area contributed by atoms with Crippen LogP contribution < -0.4 is 5.32 Å². The number of halogens is 1. The second kappa shape index (κ2) is 4.74. The van der Waals surface area contributed by atoms with Crippen LogP contribution in [0.3, 0.4) is 0 Å². The molecule has 0 aliphatic carbocycles. The number of nitrogens with one attached hydrogen (secondary N) is 1. The molecule has 1 heterocycles. The van der Waals surface area contributed by atoms with Gasteiger partial charge >= 0.3 is 0 Å². The van der Waals surface area contributed by atoms with Gasteiger partial charge in [0.15, 0.2) is 0 Å². The van der Waals surface area contributed by atoms with Crippen LogP contribution in [0.1, 0.15) is 6.92 Å². The van der Waals surface area contributed by atoms with Crippen LogP contribution in [0.25, 0.3) is 27.6 Å². The van der Waals surface area contributed by atoms with Crippen LogP contribution in [0.5, 0.6) is 0 Å². The zero-order valence-electron chi connectivity index (χ0n) is 10.8. The van der Waals surface area contributed by atoms with E-state index in [4.69, 9.17) is 0 Å². The Kier molecular flexibility index (Phi) is 3.07. The number of benzene rings is 2. The van der Waals surface area contributed by atoms with Crippen LogP contribution in [-0.2, 0) is 0 Å². The minimum Gasteiger partial charge on any atom is -0.372 e. The van der Waals surface area contributed by atoms with Gasteiger partial charge in [-0.05, 0) is 25.1 Å². The monoisotopic (exact) mass is 314 g/mol. The molecular weight excluding hydrogens is 300 g/mol. The molecule has 0 atom stereocenters. The van der Waals surface area contributed by atoms with E-state index in [-0.39, 0.29) is 0 Å². The second-order valence-corrected chi connectivity index (χ2v) is 5.41. The first-order valence-electron chi connectivity index (χ1n) is 6.34. The molecule has 0 amide bonds. The van der Waals surface area contributed by atoms with E-state index in [0.717, 1.165) is 16.8 Å². The molecule has 0 unspecified atom stereocenters. The molecule has 0 aliphatic rings. The zero-order valence-corrected chi connectivity index (χ0v) is 12.4. The third-order valence-corrected chi connectivity index (χ3v) is 3.78. The van der Waals surface area contributed by atoms with Crippen molar-refractivity contribution in [1.29, 1.82) is 0 Å². The van der Waals surface area contributed by atoms with E-state index in [1.165, 1.54) is 21.8 Å². The van der Waals surface area contributed by atoms with Gasteiger partial charge in [0.1, 0.15) is 5.82 Å². The van der Waals surface area contributed by atoms with Crippen molar-refractivity contribution in [1.82, 2.24) is 9.88 Å². The van der Waals surface area contributed by atoms with Gasteiger partial charge in [0.25, 0.3) is 0 Å². The summed E-state index contributed by atoms with van der Waals surface area (Å²) in [7, 11) is 0. The Morgan fingerprint density at radius 1 is 1.16 bits per heavy atom. The normalized spacial score (nSPS) is 11.1. The molecule has 96 valence electrons. The lowest BCUT2D eigenvalue weighted by molar-refractivity contribution is 0.889. The molecule has 3 heteroatoms. The third kappa shape index (κ3) is 1.94. The van der Waals surface area contributed by atoms with Crippen LogP contribution in [0.4, 0.5) is 0 Å². The fourth-order valence-electron chi connectivity index (χ4n) is 2.52. The van der Waals surface area contributed by atoms with Crippen molar-refractivity contribution in [2.75, 3.05) is 6.54 Å². The van der Waals surface area contributed by atoms with Crippen molar-refractivity contribution < 1.29 is 0 Å². The van der Waals surface area contributed by atoms with E-state index in [1.54, 1.807) is 0 Å². The minimum atomic E-state index is 0.862. The van der Waals surface area contributed by atoms with Gasteiger partial charge < -0.3 is 5.32 Å². The largest absolute Gasteiger partial charge is 0.372 e. The molecule has 3 aromatic rings. The van der Waals surface area contributed by atoms with E-state index in [1.807, 2.05) is 0 Å². The molecule has 2 aromatic carbocycles. The summed E-state index contributed by atoms with van der Waals surface area (Å²) in [4.78, 5) is 0.